The van der Waals surface area contributed by atoms with Crippen LogP contribution in [0, 0.1) is 6.92 Å². The van der Waals surface area contributed by atoms with E-state index in [2.05, 4.69) is 10.6 Å². The second-order valence-corrected chi connectivity index (χ2v) is 6.42. The Morgan fingerprint density at radius 2 is 1.92 bits per heavy atom. The van der Waals surface area contributed by atoms with Crippen molar-refractivity contribution in [2.24, 2.45) is 0 Å². The highest BCUT2D eigenvalue weighted by Gasteiger charge is 2.15. The van der Waals surface area contributed by atoms with E-state index in [0.717, 1.165) is 11.1 Å². The van der Waals surface area contributed by atoms with Crippen LogP contribution >= 0.6 is 11.6 Å². The van der Waals surface area contributed by atoms with Gasteiger partial charge in [-0.05, 0) is 43.5 Å². The number of aryl methyl sites for hydroxylation is 1. The van der Waals surface area contributed by atoms with Gasteiger partial charge in [0, 0.05) is 23.2 Å². The Labute approximate surface area is 147 Å². The lowest BCUT2D eigenvalue weighted by Gasteiger charge is -2.20. The second kappa shape index (κ2) is 8.71. The van der Waals surface area contributed by atoms with Crippen molar-refractivity contribution in [2.75, 3.05) is 11.9 Å². The zero-order chi connectivity index (χ0) is 17.5. The summed E-state index contributed by atoms with van der Waals surface area (Å²) in [6.45, 7) is 4.11. The van der Waals surface area contributed by atoms with Crippen molar-refractivity contribution in [3.05, 3.63) is 64.7 Å². The smallest absolute Gasteiger partial charge is 0.319 e. The highest BCUT2D eigenvalue weighted by molar-refractivity contribution is 6.31. The molecule has 3 N–H and O–H groups in total. The summed E-state index contributed by atoms with van der Waals surface area (Å²) in [6.07, 6.45) is 0.149. The average Bonchev–Trinajstić information content (AvgIpc) is 2.55. The lowest BCUT2D eigenvalue weighted by Crippen LogP contribution is -2.33. The van der Waals surface area contributed by atoms with Gasteiger partial charge in [0.15, 0.2) is 0 Å². The molecule has 0 aliphatic rings. The number of carbonyl (C=O) groups is 1. The number of carbonyl (C=O) groups excluding carboxylic acids is 1. The Kier molecular flexibility index (Phi) is 6.64. The summed E-state index contributed by atoms with van der Waals surface area (Å²) in [5, 5.41) is 16.0. The summed E-state index contributed by atoms with van der Waals surface area (Å²) in [7, 11) is 0. The van der Waals surface area contributed by atoms with Crippen molar-refractivity contribution in [1.29, 1.82) is 0 Å². The molecule has 0 aromatic heterocycles. The van der Waals surface area contributed by atoms with E-state index < -0.39 is 6.10 Å². The fraction of sp³-hybridized carbons (Fsp3) is 0.316. The standard InChI is InChI=1S/C19H23ClN2O2/c1-13-8-9-17(20)11-18(13)22-19(24)21-12-16(10-14(2)23)15-6-4-3-5-7-15/h3-9,11,14,16,23H,10,12H2,1-2H3,(H2,21,22,24). The molecule has 24 heavy (non-hydrogen) atoms. The summed E-state index contributed by atoms with van der Waals surface area (Å²) in [5.74, 6) is 0.0532. The number of aliphatic hydroxyl groups excluding tert-OH is 1. The van der Waals surface area contributed by atoms with Crippen LogP contribution in [0.15, 0.2) is 48.5 Å². The molecular formula is C19H23ClN2O2. The molecule has 0 aliphatic carbocycles. The molecule has 0 spiro atoms. The monoisotopic (exact) mass is 346 g/mol. The molecule has 0 saturated carbocycles. The van der Waals surface area contributed by atoms with E-state index in [9.17, 15) is 9.90 Å². The minimum absolute atomic E-state index is 0.0532. The van der Waals surface area contributed by atoms with Gasteiger partial charge in [-0.3, -0.25) is 0 Å². The molecule has 2 rings (SSSR count). The number of hydrogen-bond acceptors (Lipinski definition) is 2. The first kappa shape index (κ1) is 18.3. The van der Waals surface area contributed by atoms with Gasteiger partial charge in [-0.25, -0.2) is 4.79 Å². The van der Waals surface area contributed by atoms with Crippen LogP contribution in [0.4, 0.5) is 10.5 Å². The second-order valence-electron chi connectivity index (χ2n) is 5.99. The summed E-state index contributed by atoms with van der Waals surface area (Å²) < 4.78 is 0. The van der Waals surface area contributed by atoms with Crippen molar-refractivity contribution in [3.8, 4) is 0 Å². The topological polar surface area (TPSA) is 61.4 Å². The Balaban J connectivity index is 1.98. The molecule has 0 saturated heterocycles. The first-order valence-electron chi connectivity index (χ1n) is 7.99. The first-order chi connectivity index (χ1) is 11.5. The fourth-order valence-electron chi connectivity index (χ4n) is 2.59. The third-order valence-electron chi connectivity index (χ3n) is 3.85. The van der Waals surface area contributed by atoms with Crippen LogP contribution in [-0.2, 0) is 0 Å². The molecule has 2 unspecified atom stereocenters. The molecule has 4 nitrogen and oxygen atoms in total. The number of aliphatic hydroxyl groups is 1. The van der Waals surface area contributed by atoms with Gasteiger partial charge in [0.1, 0.15) is 0 Å². The largest absolute Gasteiger partial charge is 0.393 e. The number of rotatable bonds is 6. The Hall–Kier alpha value is -2.04. The quantitative estimate of drug-likeness (QED) is 0.729. The van der Waals surface area contributed by atoms with Gasteiger partial charge < -0.3 is 15.7 Å². The normalized spacial score (nSPS) is 13.2. The summed E-state index contributed by atoms with van der Waals surface area (Å²) in [6, 6.07) is 15.0. The maximum absolute atomic E-state index is 12.2. The zero-order valence-electron chi connectivity index (χ0n) is 13.9. The SMILES string of the molecule is Cc1ccc(Cl)cc1NC(=O)NCC(CC(C)O)c1ccccc1. The van der Waals surface area contributed by atoms with E-state index in [1.165, 1.54) is 0 Å². The summed E-state index contributed by atoms with van der Waals surface area (Å²) in [5.41, 5.74) is 2.72. The van der Waals surface area contributed by atoms with Gasteiger partial charge >= 0.3 is 6.03 Å². The van der Waals surface area contributed by atoms with E-state index in [-0.39, 0.29) is 11.9 Å². The molecular weight excluding hydrogens is 324 g/mol. The van der Waals surface area contributed by atoms with Gasteiger partial charge in [-0.2, -0.15) is 0 Å². The van der Waals surface area contributed by atoms with E-state index >= 15 is 0 Å². The van der Waals surface area contributed by atoms with Gasteiger partial charge in [-0.15, -0.1) is 0 Å². The zero-order valence-corrected chi connectivity index (χ0v) is 14.7. The predicted molar refractivity (Wildman–Crippen MR) is 98.7 cm³/mol. The number of amides is 2. The van der Waals surface area contributed by atoms with Crippen LogP contribution in [0.1, 0.15) is 30.4 Å². The average molecular weight is 347 g/mol. The minimum Gasteiger partial charge on any atom is -0.393 e. The van der Waals surface area contributed by atoms with Crippen molar-refractivity contribution in [1.82, 2.24) is 5.32 Å². The maximum atomic E-state index is 12.2. The Morgan fingerprint density at radius 3 is 2.58 bits per heavy atom. The van der Waals surface area contributed by atoms with Gasteiger partial charge in [-0.1, -0.05) is 48.0 Å². The molecule has 2 aromatic rings. The highest BCUT2D eigenvalue weighted by atomic mass is 35.5. The Morgan fingerprint density at radius 1 is 1.21 bits per heavy atom. The van der Waals surface area contributed by atoms with E-state index in [1.807, 2.05) is 43.3 Å². The minimum atomic E-state index is -0.435. The molecule has 5 heteroatoms. The van der Waals surface area contributed by atoms with Crippen LogP contribution in [0.3, 0.4) is 0 Å². The number of urea groups is 1. The molecule has 2 aromatic carbocycles. The van der Waals surface area contributed by atoms with Gasteiger partial charge in [0.2, 0.25) is 0 Å². The van der Waals surface area contributed by atoms with Crippen LogP contribution in [0.25, 0.3) is 0 Å². The van der Waals surface area contributed by atoms with Crippen LogP contribution in [0.2, 0.25) is 5.02 Å². The van der Waals surface area contributed by atoms with Gasteiger partial charge in [0.25, 0.3) is 0 Å². The van der Waals surface area contributed by atoms with E-state index in [1.54, 1.807) is 19.1 Å². The van der Waals surface area contributed by atoms with Crippen molar-refractivity contribution < 1.29 is 9.90 Å². The van der Waals surface area contributed by atoms with E-state index in [0.29, 0.717) is 23.7 Å². The number of hydrogen-bond donors (Lipinski definition) is 3. The maximum Gasteiger partial charge on any atom is 0.319 e. The number of halogens is 1. The van der Waals surface area contributed by atoms with Crippen LogP contribution in [0.5, 0.6) is 0 Å². The fourth-order valence-corrected chi connectivity index (χ4v) is 2.76. The molecule has 128 valence electrons. The molecule has 0 aliphatic heterocycles. The van der Waals surface area contributed by atoms with Crippen molar-refractivity contribution >= 4 is 23.3 Å². The van der Waals surface area contributed by atoms with Crippen molar-refractivity contribution in [2.45, 2.75) is 32.3 Å². The number of anilines is 1. The highest BCUT2D eigenvalue weighted by Crippen LogP contribution is 2.22. The van der Waals surface area contributed by atoms with Gasteiger partial charge in [0.05, 0.1) is 6.10 Å². The first-order valence-corrected chi connectivity index (χ1v) is 8.37. The molecule has 0 heterocycles. The molecule has 2 amide bonds. The molecule has 0 bridgehead atoms. The number of nitrogens with one attached hydrogen (secondary N) is 2. The molecule has 2 atom stereocenters. The lowest BCUT2D eigenvalue weighted by molar-refractivity contribution is 0.173. The summed E-state index contributed by atoms with van der Waals surface area (Å²) in [4.78, 5) is 12.2. The van der Waals surface area contributed by atoms with Crippen LogP contribution < -0.4 is 10.6 Å². The third kappa shape index (κ3) is 5.55. The van der Waals surface area contributed by atoms with Crippen LogP contribution in [-0.4, -0.2) is 23.8 Å². The lowest BCUT2D eigenvalue weighted by atomic mass is 9.93. The predicted octanol–water partition coefficient (Wildman–Crippen LogP) is 4.32. The third-order valence-corrected chi connectivity index (χ3v) is 4.09. The van der Waals surface area contributed by atoms with Crippen molar-refractivity contribution in [3.63, 3.8) is 0 Å². The number of benzene rings is 2. The van der Waals surface area contributed by atoms with E-state index in [4.69, 9.17) is 11.6 Å². The summed E-state index contributed by atoms with van der Waals surface area (Å²) >= 11 is 5.97. The molecule has 0 radical (unpaired) electrons. The molecule has 0 fully saturated rings. The Bertz CT molecular complexity index is 674.